The Labute approximate surface area is 160 Å². The molecule has 0 bridgehead atoms. The van der Waals surface area contributed by atoms with Gasteiger partial charge in [-0.05, 0) is 58.6 Å². The number of para-hydroxylation sites is 1. The van der Waals surface area contributed by atoms with Crippen LogP contribution in [0.5, 0.6) is 5.75 Å². The van der Waals surface area contributed by atoms with Gasteiger partial charge in [0.1, 0.15) is 10.6 Å². The monoisotopic (exact) mass is 436 g/mol. The van der Waals surface area contributed by atoms with Crippen molar-refractivity contribution >= 4 is 43.2 Å². The molecule has 1 aliphatic carbocycles. The number of ether oxygens (including phenoxy) is 1. The fourth-order valence-corrected chi connectivity index (χ4v) is 5.37. The van der Waals surface area contributed by atoms with E-state index in [2.05, 4.69) is 26.0 Å². The molecule has 8 heteroatoms. The molecule has 1 amide bonds. The number of rotatable bonds is 4. The Balaban J connectivity index is 1.74. The smallest absolute Gasteiger partial charge is 0.265 e. The summed E-state index contributed by atoms with van der Waals surface area (Å²) in [6.45, 7) is 0. The van der Waals surface area contributed by atoms with Crippen molar-refractivity contribution < 1.29 is 17.9 Å². The van der Waals surface area contributed by atoms with Crippen LogP contribution in [0.1, 0.15) is 24.8 Å². The molecule has 6 nitrogen and oxygen atoms in total. The summed E-state index contributed by atoms with van der Waals surface area (Å²) < 4.78 is 34.0. The van der Waals surface area contributed by atoms with E-state index in [1.165, 1.54) is 13.2 Å². The quantitative estimate of drug-likeness (QED) is 0.765. The average molecular weight is 437 g/mol. The van der Waals surface area contributed by atoms with Crippen LogP contribution in [0.2, 0.25) is 0 Å². The second-order valence-electron chi connectivity index (χ2n) is 6.53. The Morgan fingerprint density at radius 2 is 1.96 bits per heavy atom. The van der Waals surface area contributed by atoms with Gasteiger partial charge in [0.15, 0.2) is 0 Å². The zero-order valence-corrected chi connectivity index (χ0v) is 16.4. The minimum Gasteiger partial charge on any atom is -0.495 e. The van der Waals surface area contributed by atoms with Gasteiger partial charge in [0.2, 0.25) is 5.91 Å². The van der Waals surface area contributed by atoms with Crippen molar-refractivity contribution in [3.8, 4) is 5.75 Å². The van der Waals surface area contributed by atoms with E-state index < -0.39 is 15.4 Å². The van der Waals surface area contributed by atoms with E-state index in [1.54, 1.807) is 30.3 Å². The molecular formula is C18H17BrN2O4S. The third-order valence-electron chi connectivity index (χ3n) is 5.10. The number of hydrogen-bond acceptors (Lipinski definition) is 4. The largest absolute Gasteiger partial charge is 0.495 e. The number of amides is 1. The minimum atomic E-state index is -3.83. The Hall–Kier alpha value is -2.06. The summed E-state index contributed by atoms with van der Waals surface area (Å²) in [5.41, 5.74) is 1.46. The highest BCUT2D eigenvalue weighted by atomic mass is 79.9. The number of carbonyl (C=O) groups excluding carboxylic acids is 1. The fourth-order valence-electron chi connectivity index (χ4n) is 3.60. The van der Waals surface area contributed by atoms with E-state index in [4.69, 9.17) is 4.74 Å². The van der Waals surface area contributed by atoms with Gasteiger partial charge in [-0.25, -0.2) is 8.42 Å². The van der Waals surface area contributed by atoms with Gasteiger partial charge < -0.3 is 10.1 Å². The number of nitrogens with one attached hydrogen (secondary N) is 2. The minimum absolute atomic E-state index is 0.0100. The summed E-state index contributed by atoms with van der Waals surface area (Å²) >= 11 is 3.45. The summed E-state index contributed by atoms with van der Waals surface area (Å²) in [5, 5.41) is 2.92. The maximum atomic E-state index is 12.8. The first-order chi connectivity index (χ1) is 12.4. The van der Waals surface area contributed by atoms with Crippen molar-refractivity contribution in [1.29, 1.82) is 0 Å². The molecule has 0 saturated heterocycles. The highest BCUT2D eigenvalue weighted by Gasteiger charge is 2.51. The van der Waals surface area contributed by atoms with E-state index in [0.29, 0.717) is 10.2 Å². The lowest BCUT2D eigenvalue weighted by atomic mass is 9.65. The number of benzene rings is 2. The van der Waals surface area contributed by atoms with Crippen LogP contribution in [-0.2, 0) is 20.2 Å². The number of fused-ring (bicyclic) bond motifs is 2. The van der Waals surface area contributed by atoms with E-state index in [-0.39, 0.29) is 16.6 Å². The second kappa shape index (κ2) is 5.99. The lowest BCUT2D eigenvalue weighted by Gasteiger charge is -2.36. The van der Waals surface area contributed by atoms with Gasteiger partial charge in [0, 0.05) is 4.47 Å². The Morgan fingerprint density at radius 1 is 1.23 bits per heavy atom. The molecule has 2 aliphatic rings. The fraction of sp³-hybridized carbons (Fsp3) is 0.278. The number of hydrogen-bond donors (Lipinski definition) is 2. The Kier molecular flexibility index (Phi) is 4.00. The third kappa shape index (κ3) is 2.51. The van der Waals surface area contributed by atoms with Crippen LogP contribution in [0.15, 0.2) is 45.8 Å². The van der Waals surface area contributed by atoms with Crippen molar-refractivity contribution in [1.82, 2.24) is 0 Å². The van der Waals surface area contributed by atoms with Gasteiger partial charge >= 0.3 is 0 Å². The second-order valence-corrected chi connectivity index (χ2v) is 9.03. The average Bonchev–Trinajstić information content (AvgIpc) is 2.87. The lowest BCUT2D eigenvalue weighted by molar-refractivity contribution is -0.123. The highest BCUT2D eigenvalue weighted by Crippen LogP contribution is 2.53. The molecule has 0 unspecified atom stereocenters. The lowest BCUT2D eigenvalue weighted by Crippen LogP contribution is -2.40. The number of carbonyl (C=O) groups is 1. The molecule has 1 saturated carbocycles. The molecule has 1 fully saturated rings. The van der Waals surface area contributed by atoms with Gasteiger partial charge in [-0.2, -0.15) is 0 Å². The summed E-state index contributed by atoms with van der Waals surface area (Å²) in [6, 6.07) is 9.85. The van der Waals surface area contributed by atoms with E-state index >= 15 is 0 Å². The summed E-state index contributed by atoms with van der Waals surface area (Å²) in [6.07, 6.45) is 2.55. The van der Waals surface area contributed by atoms with Gasteiger partial charge in [0.25, 0.3) is 10.0 Å². The summed E-state index contributed by atoms with van der Waals surface area (Å²) in [7, 11) is -2.40. The first-order valence-corrected chi connectivity index (χ1v) is 10.5. The van der Waals surface area contributed by atoms with Crippen LogP contribution in [0.4, 0.5) is 11.4 Å². The number of halogens is 1. The van der Waals surface area contributed by atoms with Crippen molar-refractivity contribution in [3.63, 3.8) is 0 Å². The first-order valence-electron chi connectivity index (χ1n) is 8.19. The van der Waals surface area contributed by atoms with Crippen LogP contribution >= 0.6 is 15.9 Å². The molecule has 26 heavy (non-hydrogen) atoms. The zero-order chi connectivity index (χ0) is 18.5. The normalized spacial score (nSPS) is 17.4. The Bertz CT molecular complexity index is 1020. The van der Waals surface area contributed by atoms with Crippen molar-refractivity contribution in [2.24, 2.45) is 0 Å². The van der Waals surface area contributed by atoms with Crippen LogP contribution in [0.3, 0.4) is 0 Å². The van der Waals surface area contributed by atoms with Gasteiger partial charge in [-0.3, -0.25) is 9.52 Å². The van der Waals surface area contributed by atoms with Crippen LogP contribution in [0, 0.1) is 0 Å². The third-order valence-corrected chi connectivity index (χ3v) is 7.14. The maximum absolute atomic E-state index is 12.8. The molecule has 2 aromatic rings. The van der Waals surface area contributed by atoms with Crippen LogP contribution < -0.4 is 14.8 Å². The van der Waals surface area contributed by atoms with Gasteiger partial charge in [-0.1, -0.05) is 18.6 Å². The highest BCUT2D eigenvalue weighted by molar-refractivity contribution is 9.10. The van der Waals surface area contributed by atoms with Crippen molar-refractivity contribution in [3.05, 3.63) is 46.4 Å². The van der Waals surface area contributed by atoms with Gasteiger partial charge in [0.05, 0.1) is 23.9 Å². The number of methoxy groups -OCH3 is 1. The molecule has 1 heterocycles. The molecule has 1 spiro atoms. The zero-order valence-electron chi connectivity index (χ0n) is 14.0. The summed E-state index contributed by atoms with van der Waals surface area (Å²) in [4.78, 5) is 12.5. The van der Waals surface area contributed by atoms with E-state index in [9.17, 15) is 13.2 Å². The topological polar surface area (TPSA) is 84.5 Å². The van der Waals surface area contributed by atoms with Crippen molar-refractivity contribution in [2.75, 3.05) is 17.1 Å². The van der Waals surface area contributed by atoms with Crippen LogP contribution in [0.25, 0.3) is 0 Å². The number of sulfonamides is 1. The van der Waals surface area contributed by atoms with Gasteiger partial charge in [-0.15, -0.1) is 0 Å². The van der Waals surface area contributed by atoms with E-state index in [0.717, 1.165) is 30.5 Å². The molecule has 136 valence electrons. The molecular weight excluding hydrogens is 420 g/mol. The molecule has 4 rings (SSSR count). The number of anilines is 2. The molecule has 0 atom stereocenters. The summed E-state index contributed by atoms with van der Waals surface area (Å²) in [5.74, 6) is 0.261. The molecule has 0 radical (unpaired) electrons. The standard InChI is InChI=1S/C18H17BrN2O4S/c1-25-14-5-2-3-6-15(14)26(23,24)21-11-9-12-16(13(19)10-11)20-17(22)18(12)7-4-8-18/h2-3,5-6,9-10,21H,4,7-8H2,1H3,(H,20,22). The maximum Gasteiger partial charge on any atom is 0.265 e. The van der Waals surface area contributed by atoms with E-state index in [1.807, 2.05) is 0 Å². The molecule has 2 N–H and O–H groups in total. The molecule has 2 aromatic carbocycles. The first kappa shape index (κ1) is 17.4. The SMILES string of the molecule is COc1ccccc1S(=O)(=O)Nc1cc(Br)c2c(c1)C1(CCC1)C(=O)N2. The predicted octanol–water partition coefficient (Wildman–Crippen LogP) is 3.63. The Morgan fingerprint density at radius 3 is 2.62 bits per heavy atom. The predicted molar refractivity (Wildman–Crippen MR) is 102 cm³/mol. The van der Waals surface area contributed by atoms with Crippen molar-refractivity contribution in [2.45, 2.75) is 29.6 Å². The molecule has 1 aliphatic heterocycles. The molecule has 0 aromatic heterocycles. The van der Waals surface area contributed by atoms with Crippen LogP contribution in [-0.4, -0.2) is 21.4 Å².